The van der Waals surface area contributed by atoms with Gasteiger partial charge in [-0.15, -0.1) is 0 Å². The Morgan fingerprint density at radius 3 is 2.65 bits per heavy atom. The monoisotopic (exact) mass is 356 g/mol. The van der Waals surface area contributed by atoms with Crippen molar-refractivity contribution < 1.29 is 13.9 Å². The number of nitrogens with one attached hydrogen (secondary N) is 1. The zero-order valence-electron chi connectivity index (χ0n) is 15.3. The van der Waals surface area contributed by atoms with Gasteiger partial charge in [-0.25, -0.2) is 4.39 Å². The van der Waals surface area contributed by atoms with Crippen LogP contribution in [-0.4, -0.2) is 37.0 Å². The molecule has 0 atom stereocenters. The van der Waals surface area contributed by atoms with Gasteiger partial charge in [0.15, 0.2) is 11.6 Å². The highest BCUT2D eigenvalue weighted by Gasteiger charge is 2.21. The van der Waals surface area contributed by atoms with Gasteiger partial charge in [0.2, 0.25) is 0 Å². The predicted octanol–water partition coefficient (Wildman–Crippen LogP) is 3.54. The molecule has 26 heavy (non-hydrogen) atoms. The average Bonchev–Trinajstić information content (AvgIpc) is 2.63. The van der Waals surface area contributed by atoms with E-state index in [2.05, 4.69) is 41.4 Å². The summed E-state index contributed by atoms with van der Waals surface area (Å²) in [6.45, 7) is 4.92. The van der Waals surface area contributed by atoms with E-state index in [1.54, 1.807) is 6.07 Å². The lowest BCUT2D eigenvalue weighted by molar-refractivity contribution is 0.0908. The standard InChI is InChI=1S/C21H25FN2O2/c1-15-4-3-5-16(12-15)14-24-10-8-18(9-11-24)23-21(25)17-6-7-20(26-2)19(22)13-17/h3-7,12-13,18H,8-11,14H2,1-2H3,(H,23,25). The molecule has 0 aromatic heterocycles. The van der Waals surface area contributed by atoms with E-state index < -0.39 is 5.82 Å². The molecule has 5 heteroatoms. The maximum Gasteiger partial charge on any atom is 0.251 e. The molecule has 1 N–H and O–H groups in total. The Morgan fingerprint density at radius 2 is 2.00 bits per heavy atom. The second kappa shape index (κ2) is 8.32. The van der Waals surface area contributed by atoms with Gasteiger partial charge in [0, 0.05) is 31.2 Å². The van der Waals surface area contributed by atoms with Crippen LogP contribution in [0, 0.1) is 12.7 Å². The molecule has 3 rings (SSSR count). The number of hydrogen-bond acceptors (Lipinski definition) is 3. The first-order valence-electron chi connectivity index (χ1n) is 8.97. The minimum Gasteiger partial charge on any atom is -0.494 e. The fraction of sp³-hybridized carbons (Fsp3) is 0.381. The van der Waals surface area contributed by atoms with Crippen molar-refractivity contribution in [3.63, 3.8) is 0 Å². The lowest BCUT2D eigenvalue weighted by atomic mass is 10.0. The zero-order valence-corrected chi connectivity index (χ0v) is 15.3. The minimum atomic E-state index is -0.520. The van der Waals surface area contributed by atoms with Crippen LogP contribution in [0.4, 0.5) is 4.39 Å². The van der Waals surface area contributed by atoms with E-state index >= 15 is 0 Å². The van der Waals surface area contributed by atoms with Crippen LogP contribution in [0.25, 0.3) is 0 Å². The number of carbonyl (C=O) groups excluding carboxylic acids is 1. The predicted molar refractivity (Wildman–Crippen MR) is 99.9 cm³/mol. The molecule has 1 fully saturated rings. The van der Waals surface area contributed by atoms with E-state index in [0.717, 1.165) is 32.5 Å². The Kier molecular flexibility index (Phi) is 5.89. The fourth-order valence-corrected chi connectivity index (χ4v) is 3.38. The first-order valence-corrected chi connectivity index (χ1v) is 8.97. The van der Waals surface area contributed by atoms with Gasteiger partial charge in [-0.05, 0) is 43.5 Å². The molecule has 0 saturated carbocycles. The SMILES string of the molecule is COc1ccc(C(=O)NC2CCN(Cc3cccc(C)c3)CC2)cc1F. The molecular weight excluding hydrogens is 331 g/mol. The van der Waals surface area contributed by atoms with Crippen molar-refractivity contribution in [3.8, 4) is 5.75 Å². The minimum absolute atomic E-state index is 0.126. The summed E-state index contributed by atoms with van der Waals surface area (Å²) in [5, 5.41) is 3.02. The van der Waals surface area contributed by atoms with Gasteiger partial charge < -0.3 is 10.1 Å². The third-order valence-electron chi connectivity index (χ3n) is 4.83. The summed E-state index contributed by atoms with van der Waals surface area (Å²) in [5.41, 5.74) is 2.92. The summed E-state index contributed by atoms with van der Waals surface area (Å²) in [6.07, 6.45) is 1.80. The van der Waals surface area contributed by atoms with Gasteiger partial charge in [0.25, 0.3) is 5.91 Å². The highest BCUT2D eigenvalue weighted by atomic mass is 19.1. The van der Waals surface area contributed by atoms with E-state index in [1.165, 1.54) is 30.4 Å². The largest absolute Gasteiger partial charge is 0.494 e. The first kappa shape index (κ1) is 18.4. The number of rotatable bonds is 5. The van der Waals surface area contributed by atoms with Crippen LogP contribution in [0.15, 0.2) is 42.5 Å². The molecule has 0 unspecified atom stereocenters. The number of halogens is 1. The number of likely N-dealkylation sites (tertiary alicyclic amines) is 1. The molecule has 0 aliphatic carbocycles. The van der Waals surface area contributed by atoms with Crippen LogP contribution in [0.3, 0.4) is 0 Å². The van der Waals surface area contributed by atoms with Crippen LogP contribution in [0.5, 0.6) is 5.75 Å². The van der Waals surface area contributed by atoms with Crippen LogP contribution in [0.2, 0.25) is 0 Å². The van der Waals surface area contributed by atoms with Crippen molar-refractivity contribution in [2.24, 2.45) is 0 Å². The molecular formula is C21H25FN2O2. The molecule has 2 aromatic rings. The summed E-state index contributed by atoms with van der Waals surface area (Å²) >= 11 is 0. The van der Waals surface area contributed by atoms with Gasteiger partial charge in [-0.1, -0.05) is 29.8 Å². The average molecular weight is 356 g/mol. The quantitative estimate of drug-likeness (QED) is 0.891. The second-order valence-corrected chi connectivity index (χ2v) is 6.86. The lowest BCUT2D eigenvalue weighted by Gasteiger charge is -2.32. The molecule has 0 radical (unpaired) electrons. The van der Waals surface area contributed by atoms with Gasteiger partial charge in [-0.3, -0.25) is 9.69 Å². The number of aryl methyl sites for hydroxylation is 1. The Hall–Kier alpha value is -2.40. The van der Waals surface area contributed by atoms with E-state index in [4.69, 9.17) is 4.74 Å². The molecule has 1 aliphatic rings. The van der Waals surface area contributed by atoms with Crippen molar-refractivity contribution in [2.45, 2.75) is 32.4 Å². The van der Waals surface area contributed by atoms with Gasteiger partial charge in [-0.2, -0.15) is 0 Å². The number of methoxy groups -OCH3 is 1. The van der Waals surface area contributed by atoms with Gasteiger partial charge in [0.1, 0.15) is 0 Å². The highest BCUT2D eigenvalue weighted by Crippen LogP contribution is 2.19. The summed E-state index contributed by atoms with van der Waals surface area (Å²) in [5.74, 6) is -0.609. The fourth-order valence-electron chi connectivity index (χ4n) is 3.38. The van der Waals surface area contributed by atoms with Crippen molar-refractivity contribution >= 4 is 5.91 Å². The topological polar surface area (TPSA) is 41.6 Å². The van der Waals surface area contributed by atoms with Gasteiger partial charge >= 0.3 is 0 Å². The Morgan fingerprint density at radius 1 is 1.23 bits per heavy atom. The maximum absolute atomic E-state index is 13.8. The normalized spacial score (nSPS) is 15.7. The van der Waals surface area contributed by atoms with Crippen LogP contribution >= 0.6 is 0 Å². The molecule has 1 saturated heterocycles. The molecule has 1 aliphatic heterocycles. The molecule has 0 spiro atoms. The van der Waals surface area contributed by atoms with Crippen molar-refractivity contribution in [3.05, 3.63) is 65.0 Å². The van der Waals surface area contributed by atoms with Gasteiger partial charge in [0.05, 0.1) is 7.11 Å². The number of nitrogens with zero attached hydrogens (tertiary/aromatic N) is 1. The maximum atomic E-state index is 13.8. The number of ether oxygens (including phenoxy) is 1. The molecule has 138 valence electrons. The van der Waals surface area contributed by atoms with E-state index in [1.807, 2.05) is 0 Å². The number of carbonyl (C=O) groups is 1. The number of piperidine rings is 1. The molecule has 2 aromatic carbocycles. The molecule has 1 heterocycles. The zero-order chi connectivity index (χ0) is 18.5. The Bertz CT molecular complexity index is 770. The summed E-state index contributed by atoms with van der Waals surface area (Å²) in [4.78, 5) is 14.7. The lowest BCUT2D eigenvalue weighted by Crippen LogP contribution is -2.44. The Balaban J connectivity index is 1.50. The third-order valence-corrected chi connectivity index (χ3v) is 4.83. The van der Waals surface area contributed by atoms with Crippen molar-refractivity contribution in [1.82, 2.24) is 10.2 Å². The van der Waals surface area contributed by atoms with Crippen molar-refractivity contribution in [2.75, 3.05) is 20.2 Å². The summed E-state index contributed by atoms with van der Waals surface area (Å²) < 4.78 is 18.6. The molecule has 1 amide bonds. The Labute approximate surface area is 154 Å². The van der Waals surface area contributed by atoms with E-state index in [9.17, 15) is 9.18 Å². The number of amides is 1. The first-order chi connectivity index (χ1) is 12.5. The summed E-state index contributed by atoms with van der Waals surface area (Å²) in [7, 11) is 1.41. The smallest absolute Gasteiger partial charge is 0.251 e. The highest BCUT2D eigenvalue weighted by molar-refractivity contribution is 5.94. The van der Waals surface area contributed by atoms with E-state index in [-0.39, 0.29) is 17.7 Å². The van der Waals surface area contributed by atoms with Crippen LogP contribution in [-0.2, 0) is 6.54 Å². The van der Waals surface area contributed by atoms with Crippen LogP contribution < -0.4 is 10.1 Å². The number of hydrogen-bond donors (Lipinski definition) is 1. The number of benzene rings is 2. The van der Waals surface area contributed by atoms with E-state index in [0.29, 0.717) is 5.56 Å². The molecule has 0 bridgehead atoms. The molecule has 4 nitrogen and oxygen atoms in total. The van der Waals surface area contributed by atoms with Crippen molar-refractivity contribution in [1.29, 1.82) is 0 Å². The summed E-state index contributed by atoms with van der Waals surface area (Å²) in [6, 6.07) is 13.0. The second-order valence-electron chi connectivity index (χ2n) is 6.86. The third kappa shape index (κ3) is 4.61. The van der Waals surface area contributed by atoms with Crippen LogP contribution in [0.1, 0.15) is 34.3 Å².